The Bertz CT molecular complexity index is 3150. The molecule has 3 heterocycles. The lowest BCUT2D eigenvalue weighted by Gasteiger charge is -2.49. The summed E-state index contributed by atoms with van der Waals surface area (Å²) >= 11 is 0. The third-order valence-corrected chi connectivity index (χ3v) is 12.3. The summed E-state index contributed by atoms with van der Waals surface area (Å²) < 4.78 is 8.58. The molecule has 0 saturated carbocycles. The zero-order valence-electron chi connectivity index (χ0n) is 30.1. The van der Waals surface area contributed by atoms with Gasteiger partial charge in [-0.15, -0.1) is 0 Å². The van der Waals surface area contributed by atoms with Crippen molar-refractivity contribution < 1.29 is 4.42 Å². The fourth-order valence-corrected chi connectivity index (χ4v) is 9.81. The first-order valence-corrected chi connectivity index (χ1v) is 19.3. The Morgan fingerprint density at radius 2 is 1.29 bits per heavy atom. The highest BCUT2D eigenvalue weighted by molar-refractivity contribution is 6.11. The molecular weight excluding hydrogens is 669 g/mol. The number of benzene rings is 7. The molecule has 3 atom stereocenters. The van der Waals surface area contributed by atoms with Crippen LogP contribution >= 0.6 is 0 Å². The lowest BCUT2D eigenvalue weighted by molar-refractivity contribution is 0.468. The largest absolute Gasteiger partial charge is 0.456 e. The fourth-order valence-electron chi connectivity index (χ4n) is 9.81. The number of aromatic nitrogens is 1. The third kappa shape index (κ3) is 4.63. The molecule has 2 aromatic heterocycles. The van der Waals surface area contributed by atoms with Gasteiger partial charge in [0, 0.05) is 44.2 Å². The van der Waals surface area contributed by atoms with Gasteiger partial charge in [-0.05, 0) is 88.7 Å². The first-order chi connectivity index (χ1) is 27.3. The van der Waals surface area contributed by atoms with Crippen LogP contribution in [0.2, 0.25) is 0 Å². The molecule has 0 N–H and O–H groups in total. The molecule has 0 spiro atoms. The van der Waals surface area contributed by atoms with Crippen LogP contribution in [0.3, 0.4) is 0 Å². The predicted octanol–water partition coefficient (Wildman–Crippen LogP) is 13.2. The van der Waals surface area contributed by atoms with Crippen molar-refractivity contribution in [1.29, 1.82) is 0 Å². The van der Waals surface area contributed by atoms with E-state index in [2.05, 4.69) is 192 Å². The van der Waals surface area contributed by atoms with Gasteiger partial charge in [0.05, 0.1) is 23.1 Å². The van der Waals surface area contributed by atoms with Crippen LogP contribution in [0.5, 0.6) is 0 Å². The smallest absolute Gasteiger partial charge is 0.135 e. The van der Waals surface area contributed by atoms with E-state index in [1.807, 2.05) is 6.07 Å². The van der Waals surface area contributed by atoms with Gasteiger partial charge in [0.2, 0.25) is 0 Å². The highest BCUT2D eigenvalue weighted by atomic mass is 16.3. The second kappa shape index (κ2) is 11.8. The molecule has 1 aliphatic heterocycles. The first kappa shape index (κ1) is 30.6. The highest BCUT2D eigenvalue weighted by Crippen LogP contribution is 2.46. The zero-order valence-corrected chi connectivity index (χ0v) is 30.1. The van der Waals surface area contributed by atoms with Crippen LogP contribution in [0.4, 0.5) is 5.69 Å². The second-order valence-electron chi connectivity index (χ2n) is 15.2. The van der Waals surface area contributed by atoms with E-state index in [4.69, 9.17) is 4.42 Å². The molecular formula is C52H36N2O. The van der Waals surface area contributed by atoms with Crippen molar-refractivity contribution in [3.8, 4) is 16.8 Å². The van der Waals surface area contributed by atoms with Crippen molar-refractivity contribution in [3.05, 3.63) is 199 Å². The average molecular weight is 705 g/mol. The molecule has 1 fully saturated rings. The van der Waals surface area contributed by atoms with Gasteiger partial charge in [0.25, 0.3) is 0 Å². The van der Waals surface area contributed by atoms with Gasteiger partial charge in [-0.25, -0.2) is 0 Å². The van der Waals surface area contributed by atoms with Gasteiger partial charge in [0.1, 0.15) is 11.2 Å². The summed E-state index contributed by atoms with van der Waals surface area (Å²) in [5, 5.41) is 7.40. The zero-order chi connectivity index (χ0) is 36.0. The van der Waals surface area contributed by atoms with Crippen LogP contribution < -0.4 is 4.90 Å². The minimum absolute atomic E-state index is 0.180. The third-order valence-electron chi connectivity index (χ3n) is 12.3. The van der Waals surface area contributed by atoms with Crippen LogP contribution in [0.1, 0.15) is 12.0 Å². The molecule has 0 amide bonds. The van der Waals surface area contributed by atoms with E-state index in [0.717, 1.165) is 28.4 Å². The Kier molecular flexibility index (Phi) is 6.58. The van der Waals surface area contributed by atoms with Crippen LogP contribution in [0, 0.1) is 5.92 Å². The summed E-state index contributed by atoms with van der Waals surface area (Å²) in [5.41, 5.74) is 13.3. The maximum atomic E-state index is 6.19. The van der Waals surface area contributed by atoms with Gasteiger partial charge in [-0.2, -0.15) is 0 Å². The molecule has 2 unspecified atom stereocenters. The van der Waals surface area contributed by atoms with E-state index < -0.39 is 0 Å². The summed E-state index contributed by atoms with van der Waals surface area (Å²) in [6.07, 6.45) is 15.4. The Hall–Kier alpha value is -6.84. The topological polar surface area (TPSA) is 21.3 Å². The number of furan rings is 1. The molecule has 260 valence electrons. The molecule has 3 aliphatic rings. The molecule has 7 aromatic carbocycles. The van der Waals surface area contributed by atoms with Gasteiger partial charge in [-0.3, -0.25) is 0 Å². The number of rotatable bonds is 4. The van der Waals surface area contributed by atoms with Gasteiger partial charge < -0.3 is 13.9 Å². The lowest BCUT2D eigenvalue weighted by atomic mass is 9.74. The van der Waals surface area contributed by atoms with Crippen molar-refractivity contribution in [2.24, 2.45) is 5.92 Å². The second-order valence-corrected chi connectivity index (χ2v) is 15.2. The summed E-state index contributed by atoms with van der Waals surface area (Å²) in [4.78, 5) is 2.71. The SMILES string of the molecule is C1=C[C@@H]2CC(=C1)C1C=CC(c3ccc4c(c3)c3ccccc3n4-c3ccccc3)=CC1N2c1cccc2c(-c3ccc4oc5ccccc5c4c3)cccc12. The fraction of sp³-hybridized carbons (Fsp3) is 0.0769. The number of allylic oxidation sites excluding steroid dienone is 4. The first-order valence-electron chi connectivity index (χ1n) is 19.3. The van der Waals surface area contributed by atoms with E-state index in [1.165, 1.54) is 71.8 Å². The number of fused-ring (bicyclic) bond motifs is 11. The van der Waals surface area contributed by atoms with Crippen LogP contribution in [-0.2, 0) is 0 Å². The molecule has 2 bridgehead atoms. The standard InChI is InChI=1S/C52H36N2O/c1-2-12-37(13-3-1)53-47-20-6-4-15-43(47)45-30-33(24-27-49(45)53)34-23-26-40-35-11-8-14-38(29-35)54(50(40)32-34)48-21-10-18-41-39(17-9-19-42(41)48)36-25-28-52-46(31-36)44-16-5-7-22-51(44)55-52/h1-28,30-32,38,40,50H,29H2/t38-,40?,50?/m1/s1. The number of piperidine rings is 1. The number of hydrogen-bond donors (Lipinski definition) is 0. The molecule has 1 saturated heterocycles. The van der Waals surface area contributed by atoms with Crippen LogP contribution in [-0.4, -0.2) is 16.7 Å². The molecule has 9 aromatic rings. The molecule has 55 heavy (non-hydrogen) atoms. The average Bonchev–Trinajstić information content (AvgIpc) is 3.79. The van der Waals surface area contributed by atoms with Crippen LogP contribution in [0.15, 0.2) is 198 Å². The van der Waals surface area contributed by atoms with Gasteiger partial charge in [0.15, 0.2) is 0 Å². The molecule has 12 rings (SSSR count). The van der Waals surface area contributed by atoms with Crippen LogP contribution in [0.25, 0.3) is 76.9 Å². The lowest BCUT2D eigenvalue weighted by Crippen LogP contribution is -2.51. The molecule has 3 heteroatoms. The molecule has 0 radical (unpaired) electrons. The van der Waals surface area contributed by atoms with Crippen molar-refractivity contribution in [2.75, 3.05) is 4.90 Å². The van der Waals surface area contributed by atoms with Crippen molar-refractivity contribution >= 4 is 65.8 Å². The Labute approximate surface area is 319 Å². The summed E-state index contributed by atoms with van der Waals surface area (Å²) in [6, 6.07) is 55.6. The van der Waals surface area contributed by atoms with Crippen molar-refractivity contribution in [2.45, 2.75) is 18.5 Å². The Morgan fingerprint density at radius 1 is 0.545 bits per heavy atom. The normalized spacial score (nSPS) is 19.1. The quantitative estimate of drug-likeness (QED) is 0.182. The monoisotopic (exact) mass is 704 g/mol. The maximum Gasteiger partial charge on any atom is 0.135 e. The number of nitrogens with zero attached hydrogens (tertiary/aromatic N) is 2. The summed E-state index contributed by atoms with van der Waals surface area (Å²) in [6.45, 7) is 0. The number of anilines is 1. The van der Waals surface area contributed by atoms with E-state index in [9.17, 15) is 0 Å². The maximum absolute atomic E-state index is 6.19. The van der Waals surface area contributed by atoms with E-state index in [0.29, 0.717) is 5.92 Å². The Morgan fingerprint density at radius 3 is 2.24 bits per heavy atom. The minimum Gasteiger partial charge on any atom is -0.456 e. The Balaban J connectivity index is 0.990. The summed E-state index contributed by atoms with van der Waals surface area (Å²) in [7, 11) is 0. The van der Waals surface area contributed by atoms with Gasteiger partial charge >= 0.3 is 0 Å². The predicted molar refractivity (Wildman–Crippen MR) is 230 cm³/mol. The molecule has 3 nitrogen and oxygen atoms in total. The van der Waals surface area contributed by atoms with Crippen molar-refractivity contribution in [3.63, 3.8) is 0 Å². The van der Waals surface area contributed by atoms with E-state index >= 15 is 0 Å². The molecule has 2 aliphatic carbocycles. The van der Waals surface area contributed by atoms with Crippen molar-refractivity contribution in [1.82, 2.24) is 4.57 Å². The highest BCUT2D eigenvalue weighted by Gasteiger charge is 2.40. The van der Waals surface area contributed by atoms with E-state index in [1.54, 1.807) is 0 Å². The number of hydrogen-bond acceptors (Lipinski definition) is 2. The van der Waals surface area contributed by atoms with E-state index in [-0.39, 0.29) is 12.1 Å². The summed E-state index contributed by atoms with van der Waals surface area (Å²) in [5.74, 6) is 0.309. The van der Waals surface area contributed by atoms with Gasteiger partial charge in [-0.1, -0.05) is 139 Å². The number of para-hydroxylation sites is 3. The minimum atomic E-state index is 0.180.